The summed E-state index contributed by atoms with van der Waals surface area (Å²) in [7, 11) is 0. The van der Waals surface area contributed by atoms with Gasteiger partial charge in [-0.25, -0.2) is 9.97 Å². The first kappa shape index (κ1) is 6.73. The molecule has 1 aromatic heterocycles. The molecule has 2 heterocycles. The van der Waals surface area contributed by atoms with E-state index in [2.05, 4.69) is 15.3 Å². The predicted octanol–water partition coefficient (Wildman–Crippen LogP) is 0.431. The molecule has 0 aliphatic carbocycles. The molecule has 1 N–H and O–H groups in total. The third-order valence-electron chi connectivity index (χ3n) is 2.09. The lowest BCUT2D eigenvalue weighted by Gasteiger charge is -2.16. The van der Waals surface area contributed by atoms with Gasteiger partial charge in [0.1, 0.15) is 6.33 Å². The Morgan fingerprint density at radius 3 is 3.18 bits per heavy atom. The summed E-state index contributed by atoms with van der Waals surface area (Å²) in [6.07, 6.45) is 2.71. The minimum absolute atomic E-state index is 0.901. The van der Waals surface area contributed by atoms with E-state index in [-0.39, 0.29) is 0 Å². The molecule has 0 saturated heterocycles. The van der Waals surface area contributed by atoms with E-state index in [1.54, 1.807) is 6.33 Å². The van der Waals surface area contributed by atoms with E-state index in [4.69, 9.17) is 0 Å². The lowest BCUT2D eigenvalue weighted by atomic mass is 10.1. The topological polar surface area (TPSA) is 37.8 Å². The van der Waals surface area contributed by atoms with Gasteiger partial charge in [0, 0.05) is 12.2 Å². The van der Waals surface area contributed by atoms with Gasteiger partial charge < -0.3 is 5.32 Å². The van der Waals surface area contributed by atoms with Gasteiger partial charge in [-0.1, -0.05) is 0 Å². The molecule has 3 nitrogen and oxygen atoms in total. The molecule has 0 unspecified atom stereocenters. The maximum Gasteiger partial charge on any atom is 0.115 e. The summed E-state index contributed by atoms with van der Waals surface area (Å²) in [6.45, 7) is 4.01. The number of nitrogens with one attached hydrogen (secondary N) is 1. The zero-order chi connectivity index (χ0) is 7.68. The molecule has 0 amide bonds. The standard InChI is InChI=1S/C8H11N3/c1-6-7-2-3-9-4-8(7)11-5-10-6/h5,9H,2-4H2,1H3. The van der Waals surface area contributed by atoms with Crippen molar-refractivity contribution in [2.75, 3.05) is 6.54 Å². The van der Waals surface area contributed by atoms with Crippen molar-refractivity contribution in [1.82, 2.24) is 15.3 Å². The molecule has 0 bridgehead atoms. The van der Waals surface area contributed by atoms with Crippen LogP contribution in [0.5, 0.6) is 0 Å². The van der Waals surface area contributed by atoms with Gasteiger partial charge in [0.25, 0.3) is 0 Å². The highest BCUT2D eigenvalue weighted by Gasteiger charge is 2.11. The fraction of sp³-hybridized carbons (Fsp3) is 0.500. The molecule has 2 rings (SSSR count). The highest BCUT2D eigenvalue weighted by Crippen LogP contribution is 2.12. The summed E-state index contributed by atoms with van der Waals surface area (Å²) >= 11 is 0. The van der Waals surface area contributed by atoms with Crippen molar-refractivity contribution < 1.29 is 0 Å². The van der Waals surface area contributed by atoms with Gasteiger partial charge in [-0.3, -0.25) is 0 Å². The van der Waals surface area contributed by atoms with Crippen LogP contribution >= 0.6 is 0 Å². The van der Waals surface area contributed by atoms with Crippen LogP contribution in [-0.2, 0) is 13.0 Å². The third-order valence-corrected chi connectivity index (χ3v) is 2.09. The van der Waals surface area contributed by atoms with Crippen molar-refractivity contribution in [2.45, 2.75) is 19.9 Å². The number of aromatic nitrogens is 2. The van der Waals surface area contributed by atoms with E-state index in [0.29, 0.717) is 0 Å². The molecular weight excluding hydrogens is 138 g/mol. The summed E-state index contributed by atoms with van der Waals surface area (Å²) in [6, 6.07) is 0. The van der Waals surface area contributed by atoms with Crippen molar-refractivity contribution in [3.8, 4) is 0 Å². The molecule has 0 aromatic carbocycles. The number of hydrogen-bond donors (Lipinski definition) is 1. The highest BCUT2D eigenvalue weighted by molar-refractivity contribution is 5.25. The fourth-order valence-corrected chi connectivity index (χ4v) is 1.45. The first-order chi connectivity index (χ1) is 5.38. The zero-order valence-electron chi connectivity index (χ0n) is 6.59. The summed E-state index contributed by atoms with van der Waals surface area (Å²) in [4.78, 5) is 8.36. The van der Waals surface area contributed by atoms with Crippen LogP contribution in [0.3, 0.4) is 0 Å². The summed E-state index contributed by atoms with van der Waals surface area (Å²) in [5.74, 6) is 0. The smallest absolute Gasteiger partial charge is 0.115 e. The van der Waals surface area contributed by atoms with E-state index >= 15 is 0 Å². The Hall–Kier alpha value is -0.960. The van der Waals surface area contributed by atoms with Crippen LogP contribution in [0, 0.1) is 6.92 Å². The number of rotatable bonds is 0. The molecule has 3 heteroatoms. The van der Waals surface area contributed by atoms with Gasteiger partial charge >= 0.3 is 0 Å². The normalized spacial score (nSPS) is 16.1. The quantitative estimate of drug-likeness (QED) is 0.581. The highest BCUT2D eigenvalue weighted by atomic mass is 14.9. The van der Waals surface area contributed by atoms with Crippen LogP contribution in [0.25, 0.3) is 0 Å². The van der Waals surface area contributed by atoms with Gasteiger partial charge in [-0.05, 0) is 25.5 Å². The molecule has 0 spiro atoms. The van der Waals surface area contributed by atoms with Gasteiger partial charge in [0.2, 0.25) is 0 Å². The number of aryl methyl sites for hydroxylation is 1. The van der Waals surface area contributed by atoms with Gasteiger partial charge in [-0.15, -0.1) is 0 Å². The van der Waals surface area contributed by atoms with Crippen LogP contribution in [0.1, 0.15) is 17.0 Å². The monoisotopic (exact) mass is 149 g/mol. The van der Waals surface area contributed by atoms with E-state index in [1.165, 1.54) is 11.3 Å². The Bertz CT molecular complexity index is 270. The van der Waals surface area contributed by atoms with E-state index in [9.17, 15) is 0 Å². The number of nitrogens with zero attached hydrogens (tertiary/aromatic N) is 2. The minimum atomic E-state index is 0.901. The van der Waals surface area contributed by atoms with Crippen molar-refractivity contribution in [2.24, 2.45) is 0 Å². The lowest BCUT2D eigenvalue weighted by molar-refractivity contribution is 0.618. The molecule has 1 aliphatic rings. The second-order valence-corrected chi connectivity index (χ2v) is 2.81. The van der Waals surface area contributed by atoms with Crippen molar-refractivity contribution in [3.63, 3.8) is 0 Å². The van der Waals surface area contributed by atoms with Crippen LogP contribution in [0.15, 0.2) is 6.33 Å². The van der Waals surface area contributed by atoms with Gasteiger partial charge in [0.05, 0.1) is 5.69 Å². The van der Waals surface area contributed by atoms with Gasteiger partial charge in [-0.2, -0.15) is 0 Å². The van der Waals surface area contributed by atoms with Crippen LogP contribution < -0.4 is 5.32 Å². The van der Waals surface area contributed by atoms with Crippen LogP contribution in [0.4, 0.5) is 0 Å². The maximum absolute atomic E-state index is 4.21. The second kappa shape index (κ2) is 2.58. The largest absolute Gasteiger partial charge is 0.311 e. The minimum Gasteiger partial charge on any atom is -0.311 e. The Morgan fingerprint density at radius 2 is 2.36 bits per heavy atom. The Labute approximate surface area is 65.9 Å². The van der Waals surface area contributed by atoms with E-state index < -0.39 is 0 Å². The first-order valence-corrected chi connectivity index (χ1v) is 3.88. The molecule has 11 heavy (non-hydrogen) atoms. The molecule has 58 valence electrons. The van der Waals surface area contributed by atoms with Crippen molar-refractivity contribution in [3.05, 3.63) is 23.3 Å². The molecule has 1 aliphatic heterocycles. The Kier molecular flexibility index (Phi) is 1.58. The molecule has 0 radical (unpaired) electrons. The summed E-state index contributed by atoms with van der Waals surface area (Å²) < 4.78 is 0. The number of fused-ring (bicyclic) bond motifs is 1. The van der Waals surface area contributed by atoms with Crippen molar-refractivity contribution in [1.29, 1.82) is 0 Å². The molecule has 0 saturated carbocycles. The van der Waals surface area contributed by atoms with Crippen molar-refractivity contribution >= 4 is 0 Å². The average Bonchev–Trinajstić information content (AvgIpc) is 2.06. The zero-order valence-corrected chi connectivity index (χ0v) is 6.59. The first-order valence-electron chi connectivity index (χ1n) is 3.88. The third kappa shape index (κ3) is 1.12. The molecular formula is C8H11N3. The Morgan fingerprint density at radius 1 is 1.45 bits per heavy atom. The average molecular weight is 149 g/mol. The number of hydrogen-bond acceptors (Lipinski definition) is 3. The molecule has 0 atom stereocenters. The van der Waals surface area contributed by atoms with Crippen LogP contribution in [0.2, 0.25) is 0 Å². The van der Waals surface area contributed by atoms with E-state index in [0.717, 1.165) is 25.2 Å². The lowest BCUT2D eigenvalue weighted by Crippen LogP contribution is -2.25. The summed E-state index contributed by atoms with van der Waals surface area (Å²) in [5.41, 5.74) is 3.64. The predicted molar refractivity (Wildman–Crippen MR) is 42.2 cm³/mol. The summed E-state index contributed by atoms with van der Waals surface area (Å²) in [5, 5.41) is 3.28. The van der Waals surface area contributed by atoms with Crippen LogP contribution in [-0.4, -0.2) is 16.5 Å². The Balaban J connectivity index is 2.49. The van der Waals surface area contributed by atoms with E-state index in [1.807, 2.05) is 6.92 Å². The molecule has 0 fully saturated rings. The SMILES string of the molecule is Cc1ncnc2c1CCNC2. The second-order valence-electron chi connectivity index (χ2n) is 2.81. The molecule has 1 aromatic rings. The fourth-order valence-electron chi connectivity index (χ4n) is 1.45. The maximum atomic E-state index is 4.21. The van der Waals surface area contributed by atoms with Gasteiger partial charge in [0.15, 0.2) is 0 Å².